The van der Waals surface area contributed by atoms with Crippen LogP contribution in [0.5, 0.6) is 0 Å². The van der Waals surface area contributed by atoms with E-state index in [9.17, 15) is 14.3 Å². The standard InChI is InChI=1S/C19H17FN2O3/c1-12-17(18(25-21-12)15-10-6-7-11-16(15)20)22(19(23)24)13(2)14-8-4-3-5-9-14/h3-11,13H,1-2H3,(H,23,24). The summed E-state index contributed by atoms with van der Waals surface area (Å²) in [5, 5.41) is 13.7. The van der Waals surface area contributed by atoms with E-state index in [0.29, 0.717) is 5.69 Å². The Bertz CT molecular complexity index is 893. The molecule has 0 spiro atoms. The molecule has 1 N–H and O–H groups in total. The number of carboxylic acid groups (broad SMARTS) is 1. The van der Waals surface area contributed by atoms with Gasteiger partial charge in [-0.1, -0.05) is 47.6 Å². The molecule has 3 rings (SSSR count). The Balaban J connectivity index is 2.14. The van der Waals surface area contributed by atoms with Crippen LogP contribution in [0, 0.1) is 12.7 Å². The normalized spacial score (nSPS) is 12.0. The van der Waals surface area contributed by atoms with E-state index in [0.717, 1.165) is 10.5 Å². The fourth-order valence-corrected chi connectivity index (χ4v) is 2.81. The number of benzene rings is 2. The zero-order valence-electron chi connectivity index (χ0n) is 13.8. The van der Waals surface area contributed by atoms with Crippen LogP contribution < -0.4 is 4.90 Å². The summed E-state index contributed by atoms with van der Waals surface area (Å²) in [5.41, 5.74) is 1.60. The van der Waals surface area contributed by atoms with Gasteiger partial charge in [-0.2, -0.15) is 0 Å². The Morgan fingerprint density at radius 3 is 2.44 bits per heavy atom. The lowest BCUT2D eigenvalue weighted by Gasteiger charge is -2.26. The highest BCUT2D eigenvalue weighted by atomic mass is 19.1. The molecule has 6 heteroatoms. The molecule has 0 bridgehead atoms. The number of amides is 1. The van der Waals surface area contributed by atoms with Crippen LogP contribution in [-0.4, -0.2) is 16.4 Å². The molecule has 25 heavy (non-hydrogen) atoms. The maximum atomic E-state index is 14.2. The van der Waals surface area contributed by atoms with Gasteiger partial charge in [-0.25, -0.2) is 9.18 Å². The molecule has 2 aromatic carbocycles. The van der Waals surface area contributed by atoms with E-state index in [2.05, 4.69) is 5.16 Å². The van der Waals surface area contributed by atoms with Crippen LogP contribution in [0.2, 0.25) is 0 Å². The lowest BCUT2D eigenvalue weighted by molar-refractivity contribution is 0.199. The average Bonchev–Trinajstić information content (AvgIpc) is 2.97. The van der Waals surface area contributed by atoms with E-state index in [1.54, 1.807) is 26.0 Å². The third kappa shape index (κ3) is 3.10. The number of hydrogen-bond donors (Lipinski definition) is 1. The quantitative estimate of drug-likeness (QED) is 0.723. The van der Waals surface area contributed by atoms with Gasteiger partial charge in [0.05, 0.1) is 11.6 Å². The monoisotopic (exact) mass is 340 g/mol. The van der Waals surface area contributed by atoms with Gasteiger partial charge in [0, 0.05) is 0 Å². The van der Waals surface area contributed by atoms with Gasteiger partial charge in [-0.3, -0.25) is 4.90 Å². The first-order valence-electron chi connectivity index (χ1n) is 7.79. The average molecular weight is 340 g/mol. The van der Waals surface area contributed by atoms with Crippen LogP contribution >= 0.6 is 0 Å². The molecule has 0 aliphatic rings. The summed E-state index contributed by atoms with van der Waals surface area (Å²) in [4.78, 5) is 13.2. The van der Waals surface area contributed by atoms with Gasteiger partial charge in [-0.05, 0) is 31.5 Å². The molecule has 0 aliphatic carbocycles. The number of nitrogens with zero attached hydrogens (tertiary/aromatic N) is 2. The van der Waals surface area contributed by atoms with Gasteiger partial charge < -0.3 is 9.63 Å². The molecule has 0 radical (unpaired) electrons. The van der Waals surface area contributed by atoms with Gasteiger partial charge in [-0.15, -0.1) is 0 Å². The van der Waals surface area contributed by atoms with Crippen LogP contribution in [0.15, 0.2) is 59.1 Å². The maximum Gasteiger partial charge on any atom is 0.412 e. The summed E-state index contributed by atoms with van der Waals surface area (Å²) in [6.07, 6.45) is -1.17. The molecule has 128 valence electrons. The number of halogens is 1. The highest BCUT2D eigenvalue weighted by Crippen LogP contribution is 2.39. The van der Waals surface area contributed by atoms with Crippen molar-refractivity contribution in [3.05, 3.63) is 71.7 Å². The molecule has 3 aromatic rings. The van der Waals surface area contributed by atoms with Gasteiger partial charge in [0.1, 0.15) is 17.2 Å². The highest BCUT2D eigenvalue weighted by molar-refractivity contribution is 5.93. The van der Waals surface area contributed by atoms with Crippen molar-refractivity contribution in [2.24, 2.45) is 0 Å². The smallest absolute Gasteiger partial charge is 0.412 e. The molecule has 0 aliphatic heterocycles. The molecule has 1 aromatic heterocycles. The zero-order chi connectivity index (χ0) is 18.0. The first-order chi connectivity index (χ1) is 12.0. The second kappa shape index (κ2) is 6.76. The SMILES string of the molecule is Cc1noc(-c2ccccc2F)c1N(C(=O)O)C(C)c1ccccc1. The first kappa shape index (κ1) is 16.7. The highest BCUT2D eigenvalue weighted by Gasteiger charge is 2.31. The first-order valence-corrected chi connectivity index (χ1v) is 7.79. The topological polar surface area (TPSA) is 66.6 Å². The van der Waals surface area contributed by atoms with Gasteiger partial charge in [0.25, 0.3) is 0 Å². The van der Waals surface area contributed by atoms with Gasteiger partial charge >= 0.3 is 6.09 Å². The minimum Gasteiger partial charge on any atom is -0.465 e. The van der Waals surface area contributed by atoms with E-state index in [-0.39, 0.29) is 17.0 Å². The molecule has 0 saturated heterocycles. The summed E-state index contributed by atoms with van der Waals surface area (Å²) >= 11 is 0. The third-order valence-electron chi connectivity index (χ3n) is 4.07. The Hall–Kier alpha value is -3.15. The molecular weight excluding hydrogens is 323 g/mol. The molecule has 5 nitrogen and oxygen atoms in total. The Labute approximate surface area is 144 Å². The predicted molar refractivity (Wildman–Crippen MR) is 92.0 cm³/mol. The Morgan fingerprint density at radius 1 is 1.16 bits per heavy atom. The van der Waals surface area contributed by atoms with Crippen LogP contribution in [-0.2, 0) is 0 Å². The van der Waals surface area contributed by atoms with Crippen molar-refractivity contribution in [2.75, 3.05) is 4.90 Å². The van der Waals surface area contributed by atoms with E-state index in [1.807, 2.05) is 30.3 Å². The van der Waals surface area contributed by atoms with Crippen LogP contribution in [0.25, 0.3) is 11.3 Å². The van der Waals surface area contributed by atoms with Gasteiger partial charge in [0.15, 0.2) is 5.76 Å². The van der Waals surface area contributed by atoms with Crippen LogP contribution in [0.1, 0.15) is 24.2 Å². The van der Waals surface area contributed by atoms with Crippen molar-refractivity contribution in [1.82, 2.24) is 5.16 Å². The maximum absolute atomic E-state index is 14.2. The molecule has 1 atom stereocenters. The summed E-state index contributed by atoms with van der Waals surface area (Å²) < 4.78 is 19.5. The van der Waals surface area contributed by atoms with E-state index < -0.39 is 18.0 Å². The second-order valence-electron chi connectivity index (χ2n) is 5.66. The molecule has 1 amide bonds. The lowest BCUT2D eigenvalue weighted by atomic mass is 10.0. The number of rotatable bonds is 4. The minimum absolute atomic E-state index is 0.0979. The van der Waals surface area contributed by atoms with Crippen molar-refractivity contribution >= 4 is 11.8 Å². The molecule has 0 saturated carbocycles. The molecule has 0 fully saturated rings. The number of anilines is 1. The van der Waals surface area contributed by atoms with E-state index >= 15 is 0 Å². The molecule has 1 unspecified atom stereocenters. The fraction of sp³-hybridized carbons (Fsp3) is 0.158. The molecule has 1 heterocycles. The van der Waals surface area contributed by atoms with Crippen molar-refractivity contribution in [1.29, 1.82) is 0 Å². The second-order valence-corrected chi connectivity index (χ2v) is 5.66. The minimum atomic E-state index is -1.17. The van der Waals surface area contributed by atoms with Crippen LogP contribution in [0.4, 0.5) is 14.9 Å². The van der Waals surface area contributed by atoms with Crippen molar-refractivity contribution in [2.45, 2.75) is 19.9 Å². The van der Waals surface area contributed by atoms with Gasteiger partial charge in [0.2, 0.25) is 0 Å². The zero-order valence-corrected chi connectivity index (χ0v) is 13.8. The van der Waals surface area contributed by atoms with Crippen molar-refractivity contribution < 1.29 is 18.8 Å². The fourth-order valence-electron chi connectivity index (χ4n) is 2.81. The molecular formula is C19H17FN2O3. The third-order valence-corrected chi connectivity index (χ3v) is 4.07. The van der Waals surface area contributed by atoms with Crippen LogP contribution in [0.3, 0.4) is 0 Å². The Morgan fingerprint density at radius 2 is 1.80 bits per heavy atom. The number of aromatic nitrogens is 1. The van der Waals surface area contributed by atoms with E-state index in [4.69, 9.17) is 4.52 Å². The lowest BCUT2D eigenvalue weighted by Crippen LogP contribution is -2.32. The number of hydrogen-bond acceptors (Lipinski definition) is 3. The summed E-state index contributed by atoms with van der Waals surface area (Å²) in [6, 6.07) is 14.8. The van der Waals surface area contributed by atoms with Crippen molar-refractivity contribution in [3.8, 4) is 11.3 Å². The summed E-state index contributed by atoms with van der Waals surface area (Å²) in [7, 11) is 0. The number of aryl methyl sites for hydroxylation is 1. The summed E-state index contributed by atoms with van der Waals surface area (Å²) in [5.74, 6) is -0.404. The van der Waals surface area contributed by atoms with Crippen molar-refractivity contribution in [3.63, 3.8) is 0 Å². The predicted octanol–water partition coefficient (Wildman–Crippen LogP) is 5.03. The van der Waals surface area contributed by atoms with E-state index in [1.165, 1.54) is 12.1 Å². The largest absolute Gasteiger partial charge is 0.465 e. The number of carbonyl (C=O) groups is 1. The Kier molecular flexibility index (Phi) is 4.52. The summed E-state index contributed by atoms with van der Waals surface area (Å²) in [6.45, 7) is 3.40.